The van der Waals surface area contributed by atoms with Crippen LogP contribution in [0.15, 0.2) is 60.7 Å². The number of rotatable bonds is 14. The molecule has 0 spiro atoms. The Balaban J connectivity index is 0.761. The second kappa shape index (κ2) is 15.7. The number of carbonyl (C=O) groups is 6. The van der Waals surface area contributed by atoms with Crippen molar-refractivity contribution in [3.05, 3.63) is 92.8 Å². The number of ether oxygens (including phenoxy) is 2. The molecule has 3 N–H and O–H groups in total. The van der Waals surface area contributed by atoms with E-state index in [2.05, 4.69) is 22.0 Å². The number of benzene rings is 3. The van der Waals surface area contributed by atoms with E-state index in [1.807, 2.05) is 48.2 Å². The van der Waals surface area contributed by atoms with Crippen LogP contribution < -0.4 is 25.6 Å². The summed E-state index contributed by atoms with van der Waals surface area (Å²) in [7, 11) is 0. The average Bonchev–Trinajstić information content (AvgIpc) is 3.78. The van der Waals surface area contributed by atoms with Crippen molar-refractivity contribution in [3.63, 3.8) is 0 Å². The number of piperidine rings is 1. The van der Waals surface area contributed by atoms with E-state index >= 15 is 0 Å². The van der Waals surface area contributed by atoms with Crippen LogP contribution in [0.25, 0.3) is 11.3 Å². The van der Waals surface area contributed by atoms with Gasteiger partial charge in [-0.25, -0.2) is 4.98 Å². The predicted octanol–water partition coefficient (Wildman–Crippen LogP) is 4.26. The Morgan fingerprint density at radius 1 is 0.929 bits per heavy atom. The highest BCUT2D eigenvalue weighted by Gasteiger charge is 2.44. The zero-order chi connectivity index (χ0) is 38.9. The molecular formula is C41H40N6O8S. The van der Waals surface area contributed by atoms with Gasteiger partial charge in [-0.3, -0.25) is 39.0 Å². The number of thiazole rings is 1. The maximum absolute atomic E-state index is 13.1. The first-order chi connectivity index (χ1) is 27.1. The lowest BCUT2D eigenvalue weighted by molar-refractivity contribution is -0.136. The minimum atomic E-state index is -1.01. The van der Waals surface area contributed by atoms with Crippen LogP contribution in [0, 0.1) is 12.8 Å². The van der Waals surface area contributed by atoms with Crippen molar-refractivity contribution in [1.82, 2.24) is 20.5 Å². The first-order valence-corrected chi connectivity index (χ1v) is 19.6. The zero-order valence-corrected chi connectivity index (χ0v) is 31.5. The van der Waals surface area contributed by atoms with E-state index in [9.17, 15) is 28.8 Å². The monoisotopic (exact) mass is 776 g/mol. The van der Waals surface area contributed by atoms with Gasteiger partial charge in [-0.2, -0.15) is 0 Å². The van der Waals surface area contributed by atoms with Gasteiger partial charge >= 0.3 is 0 Å². The normalized spacial score (nSPS) is 17.5. The lowest BCUT2D eigenvalue weighted by Crippen LogP contribution is -2.54. The SMILES string of the molecule is Cc1sc(C(=O)NCc2cccc(OCCOCCNc3ccc4c(c3)C(=O)N(C3CCC(=O)NC3=O)C4=O)c2)nc1-c1ccc2c(c1)CCN2C(=O)C1CC1. The van der Waals surface area contributed by atoms with Gasteiger partial charge < -0.3 is 25.0 Å². The third kappa shape index (κ3) is 7.64. The van der Waals surface area contributed by atoms with Crippen molar-refractivity contribution in [3.8, 4) is 17.0 Å². The lowest BCUT2D eigenvalue weighted by atomic mass is 10.0. The fourth-order valence-corrected chi connectivity index (χ4v) is 8.11. The topological polar surface area (TPSA) is 176 Å². The van der Waals surface area contributed by atoms with Crippen LogP contribution in [0.3, 0.4) is 0 Å². The largest absolute Gasteiger partial charge is 0.491 e. The number of imide groups is 2. The van der Waals surface area contributed by atoms with Crippen LogP contribution in [-0.4, -0.2) is 84.3 Å². The van der Waals surface area contributed by atoms with Gasteiger partial charge in [-0.15, -0.1) is 11.3 Å². The summed E-state index contributed by atoms with van der Waals surface area (Å²) < 4.78 is 11.6. The number of fused-ring (bicyclic) bond motifs is 2. The van der Waals surface area contributed by atoms with Crippen molar-refractivity contribution in [2.75, 3.05) is 43.1 Å². The van der Waals surface area contributed by atoms with Crippen molar-refractivity contribution in [2.45, 2.75) is 51.6 Å². The van der Waals surface area contributed by atoms with E-state index in [1.54, 1.807) is 18.2 Å². The summed E-state index contributed by atoms with van der Waals surface area (Å²) in [5, 5.41) is 8.73. The van der Waals surface area contributed by atoms with Crippen molar-refractivity contribution < 1.29 is 38.2 Å². The Bertz CT molecular complexity index is 2270. The number of aryl methyl sites for hydroxylation is 1. The fraction of sp³-hybridized carbons (Fsp3) is 0.341. The number of carbonyl (C=O) groups excluding carboxylic acids is 6. The Kier molecular flexibility index (Phi) is 10.4. The minimum absolute atomic E-state index is 0.0627. The lowest BCUT2D eigenvalue weighted by Gasteiger charge is -2.27. The summed E-state index contributed by atoms with van der Waals surface area (Å²) in [6, 6.07) is 17.4. The van der Waals surface area contributed by atoms with Gasteiger partial charge in [-0.1, -0.05) is 18.2 Å². The molecule has 1 saturated heterocycles. The maximum Gasteiger partial charge on any atom is 0.280 e. The molecule has 1 unspecified atom stereocenters. The van der Waals surface area contributed by atoms with Gasteiger partial charge in [0, 0.05) is 53.8 Å². The molecule has 6 amide bonds. The fourth-order valence-electron chi connectivity index (χ4n) is 7.26. The van der Waals surface area contributed by atoms with Crippen molar-refractivity contribution in [1.29, 1.82) is 0 Å². The summed E-state index contributed by atoms with van der Waals surface area (Å²) in [6.07, 6.45) is 2.95. The van der Waals surface area contributed by atoms with Crippen LogP contribution in [0.1, 0.15) is 72.2 Å². The molecule has 3 aromatic carbocycles. The second-order valence-electron chi connectivity index (χ2n) is 14.2. The zero-order valence-electron chi connectivity index (χ0n) is 30.7. The van der Waals surface area contributed by atoms with Crippen molar-refractivity contribution >= 4 is 58.2 Å². The molecule has 3 aliphatic heterocycles. The quantitative estimate of drug-likeness (QED) is 0.124. The minimum Gasteiger partial charge on any atom is -0.491 e. The standard InChI is InChI=1S/C41H40N6O8S/c1-23-35(27-7-10-32-26(20-27)13-15-46(32)39(51)25-5-6-25)45-38(56-23)37(50)43-22-24-3-2-4-29(19-24)55-18-17-54-16-14-42-28-8-9-30-31(21-28)41(53)47(40(30)52)33-11-12-34(48)44-36(33)49/h2-4,7-10,19-21,25,33,42H,5-6,11-18,22H2,1H3,(H,43,50)(H,44,48,49). The number of amides is 6. The van der Waals surface area contributed by atoms with Crippen molar-refractivity contribution in [2.24, 2.45) is 5.92 Å². The molecule has 15 heteroatoms. The van der Waals surface area contributed by atoms with E-state index in [1.165, 1.54) is 11.3 Å². The third-order valence-corrected chi connectivity index (χ3v) is 11.3. The Labute approximate surface area is 326 Å². The number of aromatic nitrogens is 1. The van der Waals surface area contributed by atoms with E-state index in [-0.39, 0.29) is 41.7 Å². The molecule has 2 fully saturated rings. The van der Waals surface area contributed by atoms with Gasteiger partial charge in [-0.05, 0) is 86.2 Å². The van der Waals surface area contributed by atoms with E-state index in [4.69, 9.17) is 14.5 Å². The highest BCUT2D eigenvalue weighted by Crippen LogP contribution is 2.39. The molecule has 4 aliphatic rings. The van der Waals surface area contributed by atoms with E-state index < -0.39 is 29.7 Å². The molecule has 0 bridgehead atoms. The van der Waals surface area contributed by atoms with Crippen LogP contribution in [0.4, 0.5) is 11.4 Å². The number of nitrogens with zero attached hydrogens (tertiary/aromatic N) is 3. The molecule has 8 rings (SSSR count). The van der Waals surface area contributed by atoms with Gasteiger partial charge in [0.1, 0.15) is 18.4 Å². The number of hydrogen-bond donors (Lipinski definition) is 3. The predicted molar refractivity (Wildman–Crippen MR) is 207 cm³/mol. The Morgan fingerprint density at radius 2 is 1.77 bits per heavy atom. The first kappa shape index (κ1) is 37.0. The van der Waals surface area contributed by atoms with Crippen LogP contribution in [0.2, 0.25) is 0 Å². The van der Waals surface area contributed by atoms with Gasteiger partial charge in [0.15, 0.2) is 5.01 Å². The average molecular weight is 777 g/mol. The molecule has 1 aromatic heterocycles. The van der Waals surface area contributed by atoms with Crippen LogP contribution >= 0.6 is 11.3 Å². The smallest absolute Gasteiger partial charge is 0.280 e. The molecule has 1 aliphatic carbocycles. The third-order valence-electron chi connectivity index (χ3n) is 10.3. The molecule has 56 heavy (non-hydrogen) atoms. The Morgan fingerprint density at radius 3 is 2.59 bits per heavy atom. The summed E-state index contributed by atoms with van der Waals surface area (Å²) in [5.74, 6) is -1.38. The Hall–Kier alpha value is -5.93. The highest BCUT2D eigenvalue weighted by molar-refractivity contribution is 7.14. The highest BCUT2D eigenvalue weighted by atomic mass is 32.1. The first-order valence-electron chi connectivity index (χ1n) is 18.7. The number of anilines is 2. The van der Waals surface area contributed by atoms with Crippen LogP contribution in [0.5, 0.6) is 5.75 Å². The van der Waals surface area contributed by atoms with Gasteiger partial charge in [0.25, 0.3) is 17.7 Å². The summed E-state index contributed by atoms with van der Waals surface area (Å²) in [5.41, 5.74) is 5.76. The second-order valence-corrected chi connectivity index (χ2v) is 15.4. The number of hydrogen-bond acceptors (Lipinski definition) is 11. The van der Waals surface area contributed by atoms with E-state index in [0.29, 0.717) is 55.9 Å². The number of nitrogens with one attached hydrogen (secondary N) is 3. The summed E-state index contributed by atoms with van der Waals surface area (Å²) >= 11 is 1.36. The molecule has 4 heterocycles. The molecule has 14 nitrogen and oxygen atoms in total. The van der Waals surface area contributed by atoms with Gasteiger partial charge in [0.2, 0.25) is 17.7 Å². The molecule has 1 saturated carbocycles. The molecular weight excluding hydrogens is 737 g/mol. The summed E-state index contributed by atoms with van der Waals surface area (Å²) in [4.78, 5) is 84.1. The molecule has 0 radical (unpaired) electrons. The molecule has 4 aromatic rings. The van der Waals surface area contributed by atoms with Gasteiger partial charge in [0.05, 0.1) is 30.0 Å². The van der Waals surface area contributed by atoms with Crippen LogP contribution in [-0.2, 0) is 32.1 Å². The van der Waals surface area contributed by atoms with E-state index in [0.717, 1.165) is 57.1 Å². The summed E-state index contributed by atoms with van der Waals surface area (Å²) in [6.45, 7) is 4.39. The molecule has 288 valence electrons. The molecule has 1 atom stereocenters. The maximum atomic E-state index is 13.1.